The number of nitrogens with zero attached hydrogens (tertiary/aromatic N) is 1. The van der Waals surface area contributed by atoms with Crippen molar-refractivity contribution in [3.8, 4) is 12.3 Å². The molecule has 1 heterocycles. The molecule has 2 N–H and O–H groups in total. The Kier molecular flexibility index (Phi) is 4.01. The Morgan fingerprint density at radius 1 is 1.27 bits per heavy atom. The summed E-state index contributed by atoms with van der Waals surface area (Å²) in [5.74, 6) is 2.58. The van der Waals surface area contributed by atoms with Gasteiger partial charge in [-0.05, 0) is 19.3 Å². The van der Waals surface area contributed by atoms with Crippen molar-refractivity contribution in [1.82, 2.24) is 15.5 Å². The Bertz CT molecular complexity index is 230. The van der Waals surface area contributed by atoms with E-state index < -0.39 is 0 Å². The van der Waals surface area contributed by atoms with Crippen molar-refractivity contribution in [2.45, 2.75) is 31.3 Å². The minimum Gasteiger partial charge on any atom is -0.311 e. The molecule has 2 aliphatic rings. The highest BCUT2D eigenvalue weighted by Gasteiger charge is 2.33. The molecule has 3 heteroatoms. The number of rotatable bonds is 6. The largest absolute Gasteiger partial charge is 0.311 e. The predicted molar refractivity (Wildman–Crippen MR) is 62.7 cm³/mol. The molecule has 0 aromatic heterocycles. The van der Waals surface area contributed by atoms with Gasteiger partial charge >= 0.3 is 0 Å². The van der Waals surface area contributed by atoms with Gasteiger partial charge in [-0.25, -0.2) is 0 Å². The van der Waals surface area contributed by atoms with Gasteiger partial charge in [0.1, 0.15) is 0 Å². The van der Waals surface area contributed by atoms with Crippen LogP contribution in [0.25, 0.3) is 0 Å². The monoisotopic (exact) mass is 207 g/mol. The Labute approximate surface area is 92.6 Å². The summed E-state index contributed by atoms with van der Waals surface area (Å²) in [5, 5.41) is 6.77. The Balaban J connectivity index is 1.51. The molecule has 0 aromatic rings. The molecule has 0 amide bonds. The lowest BCUT2D eigenvalue weighted by molar-refractivity contribution is 0.317. The molecule has 2 rings (SSSR count). The molecular weight excluding hydrogens is 186 g/mol. The van der Waals surface area contributed by atoms with Gasteiger partial charge in [-0.3, -0.25) is 4.90 Å². The highest BCUT2D eigenvalue weighted by atomic mass is 15.2. The molecule has 1 aliphatic heterocycles. The highest BCUT2D eigenvalue weighted by Crippen LogP contribution is 2.29. The van der Waals surface area contributed by atoms with Crippen LogP contribution < -0.4 is 10.6 Å². The Morgan fingerprint density at radius 3 is 2.87 bits per heavy atom. The van der Waals surface area contributed by atoms with Crippen LogP contribution in [-0.4, -0.2) is 49.7 Å². The minimum atomic E-state index is 0.681. The van der Waals surface area contributed by atoms with Crippen LogP contribution in [0.2, 0.25) is 0 Å². The van der Waals surface area contributed by atoms with Crippen molar-refractivity contribution >= 4 is 0 Å². The van der Waals surface area contributed by atoms with Gasteiger partial charge < -0.3 is 10.6 Å². The first-order chi connectivity index (χ1) is 7.40. The third kappa shape index (κ3) is 3.49. The summed E-state index contributed by atoms with van der Waals surface area (Å²) in [6.07, 6.45) is 9.32. The van der Waals surface area contributed by atoms with Crippen LogP contribution in [-0.2, 0) is 0 Å². The van der Waals surface area contributed by atoms with Crippen LogP contribution in [0.4, 0.5) is 0 Å². The first kappa shape index (κ1) is 10.9. The number of likely N-dealkylation sites (tertiary alicyclic amines) is 1. The minimum absolute atomic E-state index is 0.681. The summed E-state index contributed by atoms with van der Waals surface area (Å²) >= 11 is 0. The topological polar surface area (TPSA) is 27.3 Å². The van der Waals surface area contributed by atoms with E-state index in [9.17, 15) is 0 Å². The van der Waals surface area contributed by atoms with E-state index in [0.29, 0.717) is 12.6 Å². The quantitative estimate of drug-likeness (QED) is 0.475. The van der Waals surface area contributed by atoms with Crippen LogP contribution in [0.5, 0.6) is 0 Å². The van der Waals surface area contributed by atoms with E-state index in [1.807, 2.05) is 0 Å². The van der Waals surface area contributed by atoms with Gasteiger partial charge in [0.15, 0.2) is 0 Å². The maximum absolute atomic E-state index is 5.15. The van der Waals surface area contributed by atoms with Crippen LogP contribution in [0, 0.1) is 12.3 Å². The lowest BCUT2D eigenvalue weighted by atomic mass is 10.2. The van der Waals surface area contributed by atoms with Crippen molar-refractivity contribution in [2.75, 3.05) is 32.7 Å². The van der Waals surface area contributed by atoms with Gasteiger partial charge in [-0.15, -0.1) is 6.42 Å². The zero-order chi connectivity index (χ0) is 10.5. The SMILES string of the molecule is C#CCNCCNC1CCN(C2CC2)C1. The van der Waals surface area contributed by atoms with E-state index >= 15 is 0 Å². The zero-order valence-corrected chi connectivity index (χ0v) is 9.34. The molecule has 1 aliphatic carbocycles. The van der Waals surface area contributed by atoms with E-state index in [4.69, 9.17) is 6.42 Å². The first-order valence-corrected chi connectivity index (χ1v) is 6.02. The molecule has 1 atom stereocenters. The molecule has 3 nitrogen and oxygen atoms in total. The molecule has 1 unspecified atom stereocenters. The van der Waals surface area contributed by atoms with Crippen molar-refractivity contribution in [1.29, 1.82) is 0 Å². The van der Waals surface area contributed by atoms with Gasteiger partial charge in [0.2, 0.25) is 0 Å². The smallest absolute Gasteiger partial charge is 0.0574 e. The van der Waals surface area contributed by atoms with Crippen LogP contribution in [0.15, 0.2) is 0 Å². The maximum Gasteiger partial charge on any atom is 0.0574 e. The number of hydrogen-bond donors (Lipinski definition) is 2. The van der Waals surface area contributed by atoms with Gasteiger partial charge in [-0.2, -0.15) is 0 Å². The van der Waals surface area contributed by atoms with Crippen molar-refractivity contribution in [2.24, 2.45) is 0 Å². The van der Waals surface area contributed by atoms with Crippen LogP contribution in [0.1, 0.15) is 19.3 Å². The third-order valence-electron chi connectivity index (χ3n) is 3.24. The first-order valence-electron chi connectivity index (χ1n) is 6.02. The van der Waals surface area contributed by atoms with Gasteiger partial charge in [0.05, 0.1) is 6.54 Å². The normalized spacial score (nSPS) is 26.7. The lowest BCUT2D eigenvalue weighted by Gasteiger charge is -2.15. The Hall–Kier alpha value is -0.560. The molecule has 15 heavy (non-hydrogen) atoms. The van der Waals surface area contributed by atoms with Gasteiger partial charge in [0.25, 0.3) is 0 Å². The fraction of sp³-hybridized carbons (Fsp3) is 0.833. The van der Waals surface area contributed by atoms with E-state index in [-0.39, 0.29) is 0 Å². The average molecular weight is 207 g/mol. The molecule has 2 fully saturated rings. The standard InChI is InChI=1S/C12H21N3/c1-2-6-13-7-8-14-11-5-9-15(10-11)12-3-4-12/h1,11-14H,3-10H2. The van der Waals surface area contributed by atoms with E-state index in [2.05, 4.69) is 21.5 Å². The highest BCUT2D eigenvalue weighted by molar-refractivity contribution is 4.92. The number of terminal acetylenes is 1. The molecule has 0 bridgehead atoms. The zero-order valence-electron chi connectivity index (χ0n) is 9.34. The van der Waals surface area contributed by atoms with Crippen molar-refractivity contribution in [3.05, 3.63) is 0 Å². The number of hydrogen-bond acceptors (Lipinski definition) is 3. The van der Waals surface area contributed by atoms with Crippen LogP contribution >= 0.6 is 0 Å². The molecular formula is C12H21N3. The second-order valence-electron chi connectivity index (χ2n) is 4.55. The van der Waals surface area contributed by atoms with E-state index in [1.165, 1.54) is 32.4 Å². The predicted octanol–water partition coefficient (Wildman–Crippen LogP) is 0.0355. The van der Waals surface area contributed by atoms with Gasteiger partial charge in [0, 0.05) is 38.3 Å². The summed E-state index contributed by atoms with van der Waals surface area (Å²) in [5.41, 5.74) is 0. The average Bonchev–Trinajstić information content (AvgIpc) is 2.99. The second-order valence-corrected chi connectivity index (χ2v) is 4.55. The second kappa shape index (κ2) is 5.50. The molecule has 0 radical (unpaired) electrons. The third-order valence-corrected chi connectivity index (χ3v) is 3.24. The summed E-state index contributed by atoms with van der Waals surface area (Å²) in [6, 6.07) is 1.63. The fourth-order valence-corrected chi connectivity index (χ4v) is 2.25. The summed E-state index contributed by atoms with van der Waals surface area (Å²) < 4.78 is 0. The fourth-order valence-electron chi connectivity index (χ4n) is 2.25. The van der Waals surface area contributed by atoms with Crippen molar-refractivity contribution < 1.29 is 0 Å². The lowest BCUT2D eigenvalue weighted by Crippen LogP contribution is -2.37. The summed E-state index contributed by atoms with van der Waals surface area (Å²) in [6.45, 7) is 5.23. The maximum atomic E-state index is 5.15. The summed E-state index contributed by atoms with van der Waals surface area (Å²) in [4.78, 5) is 2.63. The van der Waals surface area contributed by atoms with Crippen molar-refractivity contribution in [3.63, 3.8) is 0 Å². The Morgan fingerprint density at radius 2 is 2.13 bits per heavy atom. The molecule has 84 valence electrons. The molecule has 1 saturated carbocycles. The van der Waals surface area contributed by atoms with Crippen LogP contribution in [0.3, 0.4) is 0 Å². The van der Waals surface area contributed by atoms with E-state index in [0.717, 1.165) is 19.1 Å². The number of nitrogens with one attached hydrogen (secondary N) is 2. The molecule has 0 spiro atoms. The molecule has 0 aromatic carbocycles. The van der Waals surface area contributed by atoms with Gasteiger partial charge in [-0.1, -0.05) is 5.92 Å². The molecule has 1 saturated heterocycles. The summed E-state index contributed by atoms with van der Waals surface area (Å²) in [7, 11) is 0. The van der Waals surface area contributed by atoms with E-state index in [1.54, 1.807) is 0 Å².